The first kappa shape index (κ1) is 20.7. The van der Waals surface area contributed by atoms with E-state index in [1.807, 2.05) is 13.8 Å². The van der Waals surface area contributed by atoms with Crippen LogP contribution in [0.5, 0.6) is 5.75 Å². The first-order valence-electron chi connectivity index (χ1n) is 9.21. The van der Waals surface area contributed by atoms with Gasteiger partial charge < -0.3 is 15.2 Å². The van der Waals surface area contributed by atoms with Gasteiger partial charge in [0.05, 0.1) is 21.7 Å². The summed E-state index contributed by atoms with van der Waals surface area (Å²) in [6.07, 6.45) is 4.73. The zero-order valence-electron chi connectivity index (χ0n) is 15.7. The Balaban J connectivity index is 0.00000300. The molecule has 1 aromatic carbocycles. The van der Waals surface area contributed by atoms with Crippen LogP contribution in [0.2, 0.25) is 5.02 Å². The third-order valence-corrected chi connectivity index (χ3v) is 5.57. The largest absolute Gasteiger partial charge is 0.433 e. The Morgan fingerprint density at radius 3 is 2.61 bits per heavy atom. The third kappa shape index (κ3) is 4.89. The van der Waals surface area contributed by atoms with Gasteiger partial charge >= 0.3 is 6.61 Å². The number of benzene rings is 1. The predicted molar refractivity (Wildman–Crippen MR) is 105 cm³/mol. The molecule has 5 nitrogen and oxygen atoms in total. The molecule has 0 unspecified atom stereocenters. The highest BCUT2D eigenvalue weighted by atomic mass is 35.5. The fourth-order valence-electron chi connectivity index (χ4n) is 3.65. The van der Waals surface area contributed by atoms with Gasteiger partial charge in [-0.2, -0.15) is 8.78 Å². The Morgan fingerprint density at radius 2 is 2.00 bits per heavy atom. The van der Waals surface area contributed by atoms with Crippen molar-refractivity contribution in [2.75, 3.05) is 0 Å². The Kier molecular flexibility index (Phi) is 6.05. The fourth-order valence-corrected chi connectivity index (χ4v) is 3.87. The molecule has 1 fully saturated rings. The van der Waals surface area contributed by atoms with Crippen LogP contribution >= 0.6 is 11.6 Å². The molecule has 0 radical (unpaired) electrons. The zero-order chi connectivity index (χ0) is 20.5. The molecule has 1 saturated carbocycles. The number of hydrogen-bond donors (Lipinski definition) is 2. The number of rotatable bonds is 5. The summed E-state index contributed by atoms with van der Waals surface area (Å²) in [5.41, 5.74) is 0.0710. The Labute approximate surface area is 168 Å². The molecular weight excluding hydrogens is 390 g/mol. The molecule has 0 aliphatic heterocycles. The van der Waals surface area contributed by atoms with E-state index in [0.717, 1.165) is 25.7 Å². The third-order valence-electron chi connectivity index (χ3n) is 5.27. The van der Waals surface area contributed by atoms with Crippen LogP contribution in [0.4, 0.5) is 8.78 Å². The molecule has 1 aliphatic carbocycles. The first-order valence-corrected chi connectivity index (χ1v) is 9.58. The van der Waals surface area contributed by atoms with Gasteiger partial charge in [0.15, 0.2) is 0 Å². The second kappa shape index (κ2) is 8.17. The highest BCUT2D eigenvalue weighted by Crippen LogP contribution is 2.33. The summed E-state index contributed by atoms with van der Waals surface area (Å²) in [6.45, 7) is 0.659. The molecule has 28 heavy (non-hydrogen) atoms. The number of aliphatic hydroxyl groups is 1. The summed E-state index contributed by atoms with van der Waals surface area (Å²) in [7, 11) is 0. The van der Waals surface area contributed by atoms with Crippen LogP contribution < -0.4 is 10.1 Å². The number of pyridine rings is 1. The van der Waals surface area contributed by atoms with Crippen molar-refractivity contribution in [3.05, 3.63) is 35.0 Å². The van der Waals surface area contributed by atoms with Crippen LogP contribution in [-0.4, -0.2) is 34.3 Å². The molecule has 0 saturated heterocycles. The molecule has 0 spiro atoms. The highest BCUT2D eigenvalue weighted by Gasteiger charge is 2.31. The second-order valence-corrected chi connectivity index (χ2v) is 8.16. The molecule has 0 bridgehead atoms. The molecule has 154 valence electrons. The van der Waals surface area contributed by atoms with Gasteiger partial charge in [0.2, 0.25) is 0 Å². The molecule has 1 aliphatic rings. The number of nitrogens with zero attached hydrogens (tertiary/aromatic N) is 1. The van der Waals surface area contributed by atoms with Crippen LogP contribution in [0.3, 0.4) is 0 Å². The standard InChI is InChI=1S/C20H23ClF2N2O3.H2/c1-20(2,27)13-3-5-14(6-4-13)25-18(26)12-7-11-8-15(21)17(28-19(22)23)9-16(11)24-10-12;/h7-10,13-14,19,27H,3-6H2,1-2H3,(H,25,26);1H. The van der Waals surface area contributed by atoms with Gasteiger partial charge in [-0.15, -0.1) is 0 Å². The summed E-state index contributed by atoms with van der Waals surface area (Å²) in [4.78, 5) is 16.7. The van der Waals surface area contributed by atoms with E-state index in [4.69, 9.17) is 11.6 Å². The molecule has 0 atom stereocenters. The van der Waals surface area contributed by atoms with Gasteiger partial charge in [-0.25, -0.2) is 0 Å². The molecule has 2 N–H and O–H groups in total. The van der Waals surface area contributed by atoms with Crippen LogP contribution in [0.25, 0.3) is 10.9 Å². The summed E-state index contributed by atoms with van der Waals surface area (Å²) in [5.74, 6) is -0.169. The number of nitrogens with one attached hydrogen (secondary N) is 1. The molecule has 1 amide bonds. The van der Waals surface area contributed by atoms with E-state index in [0.29, 0.717) is 16.5 Å². The second-order valence-electron chi connectivity index (χ2n) is 7.75. The lowest BCUT2D eigenvalue weighted by atomic mass is 9.77. The summed E-state index contributed by atoms with van der Waals surface area (Å²) in [5, 5.41) is 13.7. The van der Waals surface area contributed by atoms with E-state index >= 15 is 0 Å². The lowest BCUT2D eigenvalue weighted by Gasteiger charge is -2.36. The maximum absolute atomic E-state index is 12.6. The van der Waals surface area contributed by atoms with Crippen molar-refractivity contribution in [1.29, 1.82) is 0 Å². The first-order chi connectivity index (χ1) is 13.1. The molecule has 1 heterocycles. The van der Waals surface area contributed by atoms with Crippen molar-refractivity contribution < 1.29 is 24.8 Å². The Bertz CT molecular complexity index is 869. The Morgan fingerprint density at radius 1 is 1.32 bits per heavy atom. The lowest BCUT2D eigenvalue weighted by molar-refractivity contribution is -0.0497. The number of halogens is 3. The monoisotopic (exact) mass is 414 g/mol. The maximum atomic E-state index is 12.6. The number of carbonyl (C=O) groups excluding carboxylic acids is 1. The van der Waals surface area contributed by atoms with Crippen LogP contribution in [0.1, 0.15) is 51.3 Å². The number of ether oxygens (including phenoxy) is 1. The minimum Gasteiger partial charge on any atom is -0.433 e. The average Bonchev–Trinajstić information content (AvgIpc) is 2.61. The van der Waals surface area contributed by atoms with Gasteiger partial charge in [0.1, 0.15) is 5.75 Å². The minimum absolute atomic E-state index is 0. The lowest BCUT2D eigenvalue weighted by Crippen LogP contribution is -2.41. The van der Waals surface area contributed by atoms with Gasteiger partial charge in [0.25, 0.3) is 5.91 Å². The highest BCUT2D eigenvalue weighted by molar-refractivity contribution is 6.32. The summed E-state index contributed by atoms with van der Waals surface area (Å²) >= 11 is 5.98. The van der Waals surface area contributed by atoms with E-state index in [1.54, 1.807) is 6.07 Å². The number of alkyl halides is 2. The SMILES string of the molecule is CC(C)(O)C1CCC(NC(=O)c2cnc3cc(OC(F)F)c(Cl)cc3c2)CC1.[HH]. The predicted octanol–water partition coefficient (Wildman–Crippen LogP) is 4.80. The maximum Gasteiger partial charge on any atom is 0.387 e. The minimum atomic E-state index is -2.98. The molecule has 2 aromatic rings. The van der Waals surface area contributed by atoms with E-state index in [9.17, 15) is 18.7 Å². The van der Waals surface area contributed by atoms with E-state index in [-0.39, 0.29) is 30.1 Å². The Hall–Kier alpha value is -1.99. The van der Waals surface area contributed by atoms with Gasteiger partial charge in [0, 0.05) is 25.1 Å². The van der Waals surface area contributed by atoms with Crippen molar-refractivity contribution in [2.45, 2.75) is 57.8 Å². The zero-order valence-corrected chi connectivity index (χ0v) is 16.5. The average molecular weight is 415 g/mol. The molecular formula is C20H25ClF2N2O3. The van der Waals surface area contributed by atoms with Crippen molar-refractivity contribution in [3.63, 3.8) is 0 Å². The van der Waals surface area contributed by atoms with Crippen LogP contribution in [0, 0.1) is 5.92 Å². The van der Waals surface area contributed by atoms with Crippen LogP contribution in [0.15, 0.2) is 24.4 Å². The van der Waals surface area contributed by atoms with E-state index < -0.39 is 12.2 Å². The van der Waals surface area contributed by atoms with Crippen molar-refractivity contribution in [3.8, 4) is 5.75 Å². The number of fused-ring (bicyclic) bond motifs is 1. The van der Waals surface area contributed by atoms with Crippen molar-refractivity contribution >= 4 is 28.4 Å². The van der Waals surface area contributed by atoms with Gasteiger partial charge in [-0.05, 0) is 57.6 Å². The smallest absolute Gasteiger partial charge is 0.387 e. The number of aromatic nitrogens is 1. The summed E-state index contributed by atoms with van der Waals surface area (Å²) in [6, 6.07) is 4.45. The molecule has 3 rings (SSSR count). The number of carbonyl (C=O) groups is 1. The number of amides is 1. The molecule has 8 heteroatoms. The van der Waals surface area contributed by atoms with Crippen LogP contribution in [-0.2, 0) is 0 Å². The van der Waals surface area contributed by atoms with Crippen molar-refractivity contribution in [1.82, 2.24) is 10.3 Å². The van der Waals surface area contributed by atoms with E-state index in [2.05, 4.69) is 15.0 Å². The van der Waals surface area contributed by atoms with Gasteiger partial charge in [-0.1, -0.05) is 11.6 Å². The normalized spacial score (nSPS) is 20.4. The quantitative estimate of drug-likeness (QED) is 0.737. The topological polar surface area (TPSA) is 71.5 Å². The molecule has 1 aromatic heterocycles. The van der Waals surface area contributed by atoms with Gasteiger partial charge in [-0.3, -0.25) is 9.78 Å². The van der Waals surface area contributed by atoms with E-state index in [1.165, 1.54) is 18.3 Å². The van der Waals surface area contributed by atoms with Crippen molar-refractivity contribution in [2.24, 2.45) is 5.92 Å². The summed E-state index contributed by atoms with van der Waals surface area (Å²) < 4.78 is 29.2. The fraction of sp³-hybridized carbons (Fsp3) is 0.500. The number of hydrogen-bond acceptors (Lipinski definition) is 4.